The topological polar surface area (TPSA) is 135 Å². The zero-order valence-corrected chi connectivity index (χ0v) is 23.7. The molecule has 2 fully saturated rings. The summed E-state index contributed by atoms with van der Waals surface area (Å²) >= 11 is 0. The van der Waals surface area contributed by atoms with E-state index in [1.165, 1.54) is 6.07 Å². The number of anilines is 2. The van der Waals surface area contributed by atoms with Crippen molar-refractivity contribution in [3.8, 4) is 11.1 Å². The summed E-state index contributed by atoms with van der Waals surface area (Å²) in [5.74, 6) is -0.171. The third-order valence-electron chi connectivity index (χ3n) is 7.68. The number of benzene rings is 3. The number of carbonyl (C=O) groups excluding carboxylic acids is 2. The van der Waals surface area contributed by atoms with Crippen molar-refractivity contribution in [1.29, 1.82) is 0 Å². The highest BCUT2D eigenvalue weighted by atomic mass is 32.2. The summed E-state index contributed by atoms with van der Waals surface area (Å²) in [6.07, 6.45) is 2.94. The van der Waals surface area contributed by atoms with Crippen LogP contribution in [-0.2, 0) is 19.6 Å². The van der Waals surface area contributed by atoms with E-state index in [4.69, 9.17) is 10.5 Å². The van der Waals surface area contributed by atoms with Gasteiger partial charge in [-0.15, -0.1) is 0 Å². The van der Waals surface area contributed by atoms with Gasteiger partial charge in [-0.1, -0.05) is 24.3 Å². The number of pyridine rings is 1. The minimum absolute atomic E-state index is 0.00258. The summed E-state index contributed by atoms with van der Waals surface area (Å²) in [6, 6.07) is 20.3. The van der Waals surface area contributed by atoms with Gasteiger partial charge in [0.05, 0.1) is 10.4 Å². The van der Waals surface area contributed by atoms with Crippen molar-refractivity contribution in [1.82, 2.24) is 14.8 Å². The van der Waals surface area contributed by atoms with Gasteiger partial charge in [0.25, 0.3) is 21.8 Å². The second kappa shape index (κ2) is 11.4. The standard InChI is InChI=1S/C31H31N5O5S/c32-23-10-13-28(26(20-23)25-6-1-4-21-5-2-14-33-29(21)25)42(39,40)34-24-11-8-22(9-12-24)30(37)35-15-17-36(18-16-35)31(38)27-7-3-19-41-27/h1-2,4-6,8-14,20,27,34H,3,7,15-19,32H2. The van der Waals surface area contributed by atoms with Crippen LogP contribution in [0.1, 0.15) is 23.2 Å². The average molecular weight is 586 g/mol. The highest BCUT2D eigenvalue weighted by Crippen LogP contribution is 2.34. The van der Waals surface area contributed by atoms with Crippen LogP contribution in [0.2, 0.25) is 0 Å². The fourth-order valence-electron chi connectivity index (χ4n) is 5.49. The number of para-hydroxylation sites is 1. The molecule has 0 spiro atoms. The van der Waals surface area contributed by atoms with Crippen LogP contribution in [0.4, 0.5) is 11.4 Å². The number of sulfonamides is 1. The van der Waals surface area contributed by atoms with E-state index < -0.39 is 10.0 Å². The van der Waals surface area contributed by atoms with Crippen molar-refractivity contribution < 1.29 is 22.7 Å². The van der Waals surface area contributed by atoms with Gasteiger partial charge in [-0.3, -0.25) is 19.3 Å². The van der Waals surface area contributed by atoms with Crippen molar-refractivity contribution in [2.75, 3.05) is 43.2 Å². The molecule has 6 rings (SSSR count). The lowest BCUT2D eigenvalue weighted by Gasteiger charge is -2.35. The zero-order valence-electron chi connectivity index (χ0n) is 22.9. The molecule has 42 heavy (non-hydrogen) atoms. The van der Waals surface area contributed by atoms with Crippen LogP contribution in [0.3, 0.4) is 0 Å². The van der Waals surface area contributed by atoms with E-state index in [1.807, 2.05) is 30.3 Å². The molecule has 216 valence electrons. The van der Waals surface area contributed by atoms with Crippen LogP contribution in [0.5, 0.6) is 0 Å². The van der Waals surface area contributed by atoms with E-state index in [-0.39, 0.29) is 22.8 Å². The number of fused-ring (bicyclic) bond motifs is 1. The molecule has 3 aromatic carbocycles. The Balaban J connectivity index is 1.17. The van der Waals surface area contributed by atoms with Gasteiger partial charge >= 0.3 is 0 Å². The van der Waals surface area contributed by atoms with Crippen molar-refractivity contribution in [3.63, 3.8) is 0 Å². The predicted octanol–water partition coefficient (Wildman–Crippen LogP) is 3.75. The Morgan fingerprint density at radius 3 is 2.38 bits per heavy atom. The number of nitrogens with one attached hydrogen (secondary N) is 1. The first kappa shape index (κ1) is 27.7. The summed E-state index contributed by atoms with van der Waals surface area (Å²) in [5.41, 5.74) is 9.01. The maximum absolute atomic E-state index is 13.6. The molecule has 1 aromatic heterocycles. The van der Waals surface area contributed by atoms with Crippen molar-refractivity contribution in [2.24, 2.45) is 0 Å². The molecule has 3 heterocycles. The van der Waals surface area contributed by atoms with E-state index in [2.05, 4.69) is 9.71 Å². The van der Waals surface area contributed by atoms with Gasteiger partial charge in [0.1, 0.15) is 6.10 Å². The third kappa shape index (κ3) is 5.53. The molecule has 10 nitrogen and oxygen atoms in total. The van der Waals surface area contributed by atoms with Crippen molar-refractivity contribution in [2.45, 2.75) is 23.8 Å². The fourth-order valence-corrected chi connectivity index (χ4v) is 6.76. The number of rotatable bonds is 6. The molecule has 2 aliphatic rings. The molecule has 1 unspecified atom stereocenters. The summed E-state index contributed by atoms with van der Waals surface area (Å²) in [4.78, 5) is 33.7. The Bertz CT molecular complexity index is 1740. The van der Waals surface area contributed by atoms with Crippen LogP contribution >= 0.6 is 0 Å². The van der Waals surface area contributed by atoms with E-state index in [9.17, 15) is 18.0 Å². The number of ether oxygens (including phenoxy) is 1. The number of nitrogens with two attached hydrogens (primary N) is 1. The molecule has 1 atom stereocenters. The lowest BCUT2D eigenvalue weighted by atomic mass is 10.0. The monoisotopic (exact) mass is 585 g/mol. The van der Waals surface area contributed by atoms with Crippen LogP contribution in [-0.4, -0.2) is 73.9 Å². The number of piperazine rings is 1. The first-order chi connectivity index (χ1) is 20.3. The van der Waals surface area contributed by atoms with E-state index in [1.54, 1.807) is 52.4 Å². The second-order valence-corrected chi connectivity index (χ2v) is 12.1. The predicted molar refractivity (Wildman–Crippen MR) is 160 cm³/mol. The smallest absolute Gasteiger partial charge is 0.262 e. The minimum atomic E-state index is -4.03. The minimum Gasteiger partial charge on any atom is -0.399 e. The Labute approximate surface area is 244 Å². The molecule has 0 saturated carbocycles. The zero-order chi connectivity index (χ0) is 29.3. The number of hydrogen-bond acceptors (Lipinski definition) is 7. The Morgan fingerprint density at radius 1 is 0.905 bits per heavy atom. The molecular weight excluding hydrogens is 554 g/mol. The molecule has 11 heteroatoms. The third-order valence-corrected chi connectivity index (χ3v) is 9.12. The second-order valence-electron chi connectivity index (χ2n) is 10.4. The number of amides is 2. The van der Waals surface area contributed by atoms with Gasteiger partial charge in [0.2, 0.25) is 0 Å². The molecule has 2 amide bonds. The highest BCUT2D eigenvalue weighted by Gasteiger charge is 2.31. The summed E-state index contributed by atoms with van der Waals surface area (Å²) < 4.78 is 35.3. The first-order valence-electron chi connectivity index (χ1n) is 13.9. The maximum atomic E-state index is 13.6. The highest BCUT2D eigenvalue weighted by molar-refractivity contribution is 7.92. The first-order valence-corrected chi connectivity index (χ1v) is 15.3. The Hall–Kier alpha value is -4.48. The molecule has 0 aliphatic carbocycles. The van der Waals surface area contributed by atoms with Gasteiger partial charge in [-0.25, -0.2) is 8.42 Å². The molecule has 2 saturated heterocycles. The van der Waals surface area contributed by atoms with Crippen molar-refractivity contribution in [3.05, 3.63) is 84.6 Å². The summed E-state index contributed by atoms with van der Waals surface area (Å²) in [6.45, 7) is 2.38. The largest absolute Gasteiger partial charge is 0.399 e. The van der Waals surface area contributed by atoms with Gasteiger partial charge in [0.15, 0.2) is 0 Å². The average Bonchev–Trinajstić information content (AvgIpc) is 3.55. The molecule has 4 aromatic rings. The number of nitrogens with zero attached hydrogens (tertiary/aromatic N) is 3. The lowest BCUT2D eigenvalue weighted by Crippen LogP contribution is -2.52. The van der Waals surface area contributed by atoms with Gasteiger partial charge in [0, 0.05) is 72.4 Å². The molecule has 0 bridgehead atoms. The molecular formula is C31H31N5O5S. The van der Waals surface area contributed by atoms with Crippen LogP contribution in [0.15, 0.2) is 83.9 Å². The van der Waals surface area contributed by atoms with E-state index in [0.717, 1.165) is 18.2 Å². The van der Waals surface area contributed by atoms with Gasteiger partial charge in [-0.2, -0.15) is 0 Å². The Kier molecular flexibility index (Phi) is 7.53. The normalized spacial score (nSPS) is 17.4. The molecule has 2 aliphatic heterocycles. The number of aromatic nitrogens is 1. The number of carbonyl (C=O) groups is 2. The van der Waals surface area contributed by atoms with Gasteiger partial charge < -0.3 is 20.3 Å². The van der Waals surface area contributed by atoms with E-state index in [0.29, 0.717) is 66.4 Å². The van der Waals surface area contributed by atoms with Crippen LogP contribution < -0.4 is 10.5 Å². The van der Waals surface area contributed by atoms with Crippen molar-refractivity contribution >= 4 is 44.1 Å². The fraction of sp³-hybridized carbons (Fsp3) is 0.258. The van der Waals surface area contributed by atoms with Crippen LogP contribution in [0.25, 0.3) is 22.0 Å². The summed E-state index contributed by atoms with van der Waals surface area (Å²) in [7, 11) is -4.03. The lowest BCUT2D eigenvalue weighted by molar-refractivity contribution is -0.142. The quantitative estimate of drug-likeness (QED) is 0.329. The number of hydrogen-bond donors (Lipinski definition) is 2. The molecule has 3 N–H and O–H groups in total. The SMILES string of the molecule is Nc1ccc(S(=O)(=O)Nc2ccc(C(=O)N3CCN(C(=O)C4CCCO4)CC3)cc2)c(-c2cccc3cccnc23)c1. The van der Waals surface area contributed by atoms with Crippen LogP contribution in [0, 0.1) is 0 Å². The molecule has 0 radical (unpaired) electrons. The Morgan fingerprint density at radius 2 is 1.64 bits per heavy atom. The maximum Gasteiger partial charge on any atom is 0.262 e. The van der Waals surface area contributed by atoms with Gasteiger partial charge in [-0.05, 0) is 61.4 Å². The number of nitrogen functional groups attached to an aromatic ring is 1. The van der Waals surface area contributed by atoms with E-state index >= 15 is 0 Å². The summed E-state index contributed by atoms with van der Waals surface area (Å²) in [5, 5.41) is 0.879.